The summed E-state index contributed by atoms with van der Waals surface area (Å²) in [6, 6.07) is 7.33. The van der Waals surface area contributed by atoms with Gasteiger partial charge in [0.2, 0.25) is 0 Å². The van der Waals surface area contributed by atoms with Crippen LogP contribution in [0.5, 0.6) is 11.5 Å². The lowest BCUT2D eigenvalue weighted by molar-refractivity contribution is -0.384. The maximum absolute atomic E-state index is 11.9. The number of hydrogen-bond acceptors (Lipinski definition) is 7. The maximum atomic E-state index is 11.9. The quantitative estimate of drug-likeness (QED) is 0.195. The summed E-state index contributed by atoms with van der Waals surface area (Å²) in [5.74, 6) is -0.902. The molecule has 5 N–H and O–H groups in total. The smallest absolute Gasteiger partial charge is 0.343 e. The lowest BCUT2D eigenvalue weighted by Gasteiger charge is -2.07. The van der Waals surface area contributed by atoms with E-state index in [1.165, 1.54) is 30.3 Å². The Hall–Kier alpha value is -3.29. The molecule has 0 spiro atoms. The topological polar surface area (TPSA) is 142 Å². The Morgan fingerprint density at radius 1 is 1.14 bits per heavy atom. The summed E-state index contributed by atoms with van der Waals surface area (Å²) in [5, 5.41) is 19.9. The number of nitro benzene ring substituents is 1. The van der Waals surface area contributed by atoms with Gasteiger partial charge in [-0.05, 0) is 24.3 Å². The Bertz CT molecular complexity index is 730. The number of carbonyl (C=O) groups excluding carboxylic acids is 1. The highest BCUT2D eigenvalue weighted by Gasteiger charge is 2.15. The van der Waals surface area contributed by atoms with E-state index in [1.807, 2.05) is 0 Å². The van der Waals surface area contributed by atoms with Crippen molar-refractivity contribution in [2.24, 2.45) is 0 Å². The highest BCUT2D eigenvalue weighted by molar-refractivity contribution is 5.93. The zero-order chi connectivity index (χ0) is 15.6. The van der Waals surface area contributed by atoms with Crippen LogP contribution in [0.1, 0.15) is 10.4 Å². The van der Waals surface area contributed by atoms with Crippen LogP contribution in [-0.2, 0) is 0 Å². The number of hydrogen-bond donors (Lipinski definition) is 3. The average Bonchev–Trinajstić information content (AvgIpc) is 2.43. The van der Waals surface area contributed by atoms with Crippen molar-refractivity contribution in [2.75, 3.05) is 11.5 Å². The zero-order valence-corrected chi connectivity index (χ0v) is 10.6. The van der Waals surface area contributed by atoms with E-state index in [0.29, 0.717) is 0 Å². The lowest BCUT2D eigenvalue weighted by Crippen LogP contribution is -2.10. The molecule has 0 aromatic heterocycles. The zero-order valence-electron chi connectivity index (χ0n) is 10.6. The Balaban J connectivity index is 2.23. The lowest BCUT2D eigenvalue weighted by atomic mass is 10.2. The fourth-order valence-corrected chi connectivity index (χ4v) is 1.58. The molecule has 2 aromatic carbocycles. The predicted octanol–water partition coefficient (Wildman–Crippen LogP) is 1.68. The second-order valence-electron chi connectivity index (χ2n) is 4.14. The molecule has 0 radical (unpaired) electrons. The molecular formula is C13H11N3O5. The number of aromatic hydroxyl groups is 1. The van der Waals surface area contributed by atoms with Crippen LogP contribution in [0.3, 0.4) is 0 Å². The molecule has 0 aliphatic carbocycles. The second-order valence-corrected chi connectivity index (χ2v) is 4.14. The highest BCUT2D eigenvalue weighted by Crippen LogP contribution is 2.27. The Morgan fingerprint density at radius 3 is 2.43 bits per heavy atom. The number of rotatable bonds is 3. The van der Waals surface area contributed by atoms with Gasteiger partial charge in [0.15, 0.2) is 5.75 Å². The van der Waals surface area contributed by atoms with E-state index in [1.54, 1.807) is 0 Å². The van der Waals surface area contributed by atoms with Gasteiger partial charge in [0.05, 0.1) is 21.9 Å². The fraction of sp³-hybridized carbons (Fsp3) is 0. The van der Waals surface area contributed by atoms with E-state index in [2.05, 4.69) is 0 Å². The van der Waals surface area contributed by atoms with Gasteiger partial charge in [-0.3, -0.25) is 10.1 Å². The van der Waals surface area contributed by atoms with Gasteiger partial charge in [0.1, 0.15) is 5.75 Å². The number of nitrogens with two attached hydrogens (primary N) is 2. The van der Waals surface area contributed by atoms with Crippen LogP contribution >= 0.6 is 0 Å². The third-order valence-electron chi connectivity index (χ3n) is 2.67. The van der Waals surface area contributed by atoms with E-state index < -0.39 is 10.9 Å². The summed E-state index contributed by atoms with van der Waals surface area (Å²) >= 11 is 0. The van der Waals surface area contributed by atoms with Crippen molar-refractivity contribution >= 4 is 23.0 Å². The Labute approximate surface area is 118 Å². The van der Waals surface area contributed by atoms with Gasteiger partial charge >= 0.3 is 5.97 Å². The number of nitro groups is 1. The van der Waals surface area contributed by atoms with Gasteiger partial charge in [-0.2, -0.15) is 0 Å². The molecule has 0 heterocycles. The molecule has 0 amide bonds. The van der Waals surface area contributed by atoms with Crippen molar-refractivity contribution in [2.45, 2.75) is 0 Å². The molecule has 0 fully saturated rings. The second kappa shape index (κ2) is 5.37. The molecule has 8 nitrogen and oxygen atoms in total. The summed E-state index contributed by atoms with van der Waals surface area (Å²) in [6.07, 6.45) is 0. The van der Waals surface area contributed by atoms with Gasteiger partial charge in [-0.15, -0.1) is 0 Å². The van der Waals surface area contributed by atoms with Crippen LogP contribution in [0, 0.1) is 10.1 Å². The number of ether oxygens (including phenoxy) is 1. The number of non-ortho nitro benzene ring substituents is 1. The molecule has 0 bridgehead atoms. The number of benzene rings is 2. The van der Waals surface area contributed by atoms with E-state index >= 15 is 0 Å². The summed E-state index contributed by atoms with van der Waals surface area (Å²) in [4.78, 5) is 21.9. The van der Waals surface area contributed by atoms with Crippen molar-refractivity contribution in [1.29, 1.82) is 0 Å². The minimum atomic E-state index is -0.748. The summed E-state index contributed by atoms with van der Waals surface area (Å²) in [7, 11) is 0. The molecule has 8 heteroatoms. The van der Waals surface area contributed by atoms with Crippen LogP contribution in [-0.4, -0.2) is 16.0 Å². The molecule has 0 unspecified atom stereocenters. The van der Waals surface area contributed by atoms with Gasteiger partial charge in [-0.25, -0.2) is 4.79 Å². The summed E-state index contributed by atoms with van der Waals surface area (Å²) < 4.78 is 5.04. The highest BCUT2D eigenvalue weighted by atomic mass is 16.6. The van der Waals surface area contributed by atoms with E-state index in [9.17, 15) is 20.0 Å². The average molecular weight is 289 g/mol. The first-order chi connectivity index (χ1) is 9.88. The number of esters is 1. The fourth-order valence-electron chi connectivity index (χ4n) is 1.58. The van der Waals surface area contributed by atoms with Crippen molar-refractivity contribution < 1.29 is 19.6 Å². The minimum absolute atomic E-state index is 0.00255. The van der Waals surface area contributed by atoms with Crippen molar-refractivity contribution in [1.82, 2.24) is 0 Å². The summed E-state index contributed by atoms with van der Waals surface area (Å²) in [6.45, 7) is 0. The van der Waals surface area contributed by atoms with E-state index in [0.717, 1.165) is 6.07 Å². The molecule has 0 aliphatic heterocycles. The van der Waals surface area contributed by atoms with Crippen molar-refractivity contribution in [3.05, 3.63) is 52.1 Å². The molecular weight excluding hydrogens is 278 g/mol. The van der Waals surface area contributed by atoms with E-state index in [4.69, 9.17) is 16.2 Å². The number of phenols is 1. The Morgan fingerprint density at radius 2 is 1.86 bits per heavy atom. The largest absolute Gasteiger partial charge is 0.506 e. The van der Waals surface area contributed by atoms with E-state index in [-0.39, 0.29) is 34.1 Å². The van der Waals surface area contributed by atoms with Crippen molar-refractivity contribution in [3.63, 3.8) is 0 Å². The normalized spacial score (nSPS) is 10.1. The SMILES string of the molecule is Nc1cc(C(=O)Oc2ccc([N+](=O)[O-])cc2N)ccc1O. The molecule has 0 saturated carbocycles. The Kier molecular flexibility index (Phi) is 3.61. The standard InChI is InChI=1S/C13H11N3O5/c14-9-5-7(1-3-11(9)17)13(18)21-12-4-2-8(16(19)20)6-10(12)15/h1-6,17H,14-15H2. The van der Waals surface area contributed by atoms with Crippen LogP contribution in [0.4, 0.5) is 17.1 Å². The number of nitrogens with zero attached hydrogens (tertiary/aromatic N) is 1. The first-order valence-electron chi connectivity index (χ1n) is 5.73. The van der Waals surface area contributed by atoms with Crippen LogP contribution in [0.15, 0.2) is 36.4 Å². The molecule has 0 saturated heterocycles. The molecule has 2 rings (SSSR count). The van der Waals surface area contributed by atoms with Crippen LogP contribution < -0.4 is 16.2 Å². The number of phenolic OH excluding ortho intramolecular Hbond substituents is 1. The maximum Gasteiger partial charge on any atom is 0.343 e. The number of anilines is 2. The van der Waals surface area contributed by atoms with Gasteiger partial charge in [0.25, 0.3) is 5.69 Å². The van der Waals surface area contributed by atoms with Crippen molar-refractivity contribution in [3.8, 4) is 11.5 Å². The third-order valence-corrected chi connectivity index (χ3v) is 2.67. The molecule has 21 heavy (non-hydrogen) atoms. The third kappa shape index (κ3) is 3.00. The monoisotopic (exact) mass is 289 g/mol. The number of carbonyl (C=O) groups is 1. The minimum Gasteiger partial charge on any atom is -0.506 e. The van der Waals surface area contributed by atoms with Gasteiger partial charge in [-0.1, -0.05) is 0 Å². The molecule has 108 valence electrons. The summed E-state index contributed by atoms with van der Waals surface area (Å²) in [5.41, 5.74) is 11.0. The molecule has 2 aromatic rings. The van der Waals surface area contributed by atoms with Gasteiger partial charge in [0, 0.05) is 12.1 Å². The van der Waals surface area contributed by atoms with Crippen LogP contribution in [0.25, 0.3) is 0 Å². The molecule has 0 atom stereocenters. The first kappa shape index (κ1) is 14.1. The predicted molar refractivity (Wildman–Crippen MR) is 75.0 cm³/mol. The molecule has 0 aliphatic rings. The first-order valence-corrected chi connectivity index (χ1v) is 5.73. The van der Waals surface area contributed by atoms with Gasteiger partial charge < -0.3 is 21.3 Å². The van der Waals surface area contributed by atoms with Crippen LogP contribution in [0.2, 0.25) is 0 Å². The number of nitrogen functional groups attached to an aromatic ring is 2.